The standard InChI is InChI=1S/C21H25NO4/c1-6-26-16-9-7-15(8-10-16)19(14-22(2)3)21(23)18-13-17(24-4)11-12-20(18)25-5/h7-14H,6H2,1-5H3. The molecule has 0 heterocycles. The van der Waals surface area contributed by atoms with Crippen molar-refractivity contribution >= 4 is 11.4 Å². The molecule has 0 aromatic heterocycles. The lowest BCUT2D eigenvalue weighted by atomic mass is 9.96. The molecule has 0 N–H and O–H groups in total. The van der Waals surface area contributed by atoms with E-state index in [4.69, 9.17) is 14.2 Å². The smallest absolute Gasteiger partial charge is 0.198 e. The summed E-state index contributed by atoms with van der Waals surface area (Å²) in [5.74, 6) is 1.74. The van der Waals surface area contributed by atoms with Crippen LogP contribution in [0.5, 0.6) is 17.2 Å². The molecule has 5 heteroatoms. The van der Waals surface area contributed by atoms with E-state index in [1.54, 1.807) is 38.6 Å². The lowest BCUT2D eigenvalue weighted by Crippen LogP contribution is -2.10. The van der Waals surface area contributed by atoms with Crippen molar-refractivity contribution in [2.24, 2.45) is 0 Å². The number of ether oxygens (including phenoxy) is 3. The Morgan fingerprint density at radius 3 is 2.19 bits per heavy atom. The second-order valence-electron chi connectivity index (χ2n) is 5.86. The van der Waals surface area contributed by atoms with Crippen molar-refractivity contribution in [2.75, 3.05) is 34.9 Å². The molecule has 5 nitrogen and oxygen atoms in total. The van der Waals surface area contributed by atoms with Crippen molar-refractivity contribution < 1.29 is 19.0 Å². The molecular weight excluding hydrogens is 330 g/mol. The third kappa shape index (κ3) is 4.57. The Morgan fingerprint density at radius 1 is 1.00 bits per heavy atom. The lowest BCUT2D eigenvalue weighted by molar-refractivity contribution is 0.105. The SMILES string of the molecule is CCOc1ccc(C(=CN(C)C)C(=O)c2cc(OC)ccc2OC)cc1. The van der Waals surface area contributed by atoms with Gasteiger partial charge in [-0.1, -0.05) is 12.1 Å². The maximum atomic E-state index is 13.3. The van der Waals surface area contributed by atoms with Crippen molar-refractivity contribution in [3.8, 4) is 17.2 Å². The van der Waals surface area contributed by atoms with Gasteiger partial charge in [0, 0.05) is 25.9 Å². The lowest BCUT2D eigenvalue weighted by Gasteiger charge is -2.15. The van der Waals surface area contributed by atoms with Gasteiger partial charge in [-0.25, -0.2) is 0 Å². The number of ketones is 1. The van der Waals surface area contributed by atoms with Crippen molar-refractivity contribution in [1.29, 1.82) is 0 Å². The van der Waals surface area contributed by atoms with Crippen molar-refractivity contribution in [2.45, 2.75) is 6.92 Å². The molecule has 0 saturated heterocycles. The number of carbonyl (C=O) groups excluding carboxylic acids is 1. The molecule has 0 unspecified atom stereocenters. The first-order valence-electron chi connectivity index (χ1n) is 8.38. The molecule has 0 aliphatic rings. The maximum Gasteiger partial charge on any atom is 0.198 e. The molecule has 0 aliphatic heterocycles. The predicted molar refractivity (Wildman–Crippen MR) is 103 cm³/mol. The molecule has 138 valence electrons. The summed E-state index contributed by atoms with van der Waals surface area (Å²) < 4.78 is 16.1. The highest BCUT2D eigenvalue weighted by Crippen LogP contribution is 2.30. The summed E-state index contributed by atoms with van der Waals surface area (Å²) >= 11 is 0. The number of carbonyl (C=O) groups is 1. The van der Waals surface area contributed by atoms with Crippen LogP contribution in [0.1, 0.15) is 22.8 Å². The van der Waals surface area contributed by atoms with Gasteiger partial charge in [0.2, 0.25) is 0 Å². The molecule has 2 rings (SSSR count). The fraction of sp³-hybridized carbons (Fsp3) is 0.286. The summed E-state index contributed by atoms with van der Waals surface area (Å²) in [5, 5.41) is 0. The van der Waals surface area contributed by atoms with Crippen LogP contribution in [0, 0.1) is 0 Å². The normalized spacial score (nSPS) is 11.0. The fourth-order valence-corrected chi connectivity index (χ4v) is 2.56. The zero-order chi connectivity index (χ0) is 19.1. The number of nitrogens with zero attached hydrogens (tertiary/aromatic N) is 1. The molecule has 0 aliphatic carbocycles. The predicted octanol–water partition coefficient (Wildman–Crippen LogP) is 3.89. The van der Waals surface area contributed by atoms with Crippen LogP contribution < -0.4 is 14.2 Å². The highest BCUT2D eigenvalue weighted by atomic mass is 16.5. The molecule has 0 saturated carbocycles. The van der Waals surface area contributed by atoms with Gasteiger partial charge in [0.1, 0.15) is 17.2 Å². The van der Waals surface area contributed by atoms with E-state index in [2.05, 4.69) is 0 Å². The molecule has 0 radical (unpaired) electrons. The first-order valence-corrected chi connectivity index (χ1v) is 8.38. The van der Waals surface area contributed by atoms with E-state index in [1.807, 2.05) is 50.2 Å². The third-order valence-corrected chi connectivity index (χ3v) is 3.76. The minimum absolute atomic E-state index is 0.140. The number of hydrogen-bond acceptors (Lipinski definition) is 5. The topological polar surface area (TPSA) is 48.0 Å². The van der Waals surface area contributed by atoms with Gasteiger partial charge in [-0.15, -0.1) is 0 Å². The van der Waals surface area contributed by atoms with Gasteiger partial charge in [-0.05, 0) is 42.8 Å². The molecule has 26 heavy (non-hydrogen) atoms. The van der Waals surface area contributed by atoms with E-state index >= 15 is 0 Å². The number of allylic oxidation sites excluding steroid dienone is 1. The molecule has 2 aromatic carbocycles. The molecule has 0 fully saturated rings. The zero-order valence-corrected chi connectivity index (χ0v) is 15.9. The molecule has 0 amide bonds. The third-order valence-electron chi connectivity index (χ3n) is 3.76. The highest BCUT2D eigenvalue weighted by molar-refractivity contribution is 6.29. The van der Waals surface area contributed by atoms with Gasteiger partial charge in [0.15, 0.2) is 5.78 Å². The van der Waals surface area contributed by atoms with Crippen LogP contribution in [0.15, 0.2) is 48.7 Å². The summed E-state index contributed by atoms with van der Waals surface area (Å²) in [6, 6.07) is 12.7. The average molecular weight is 355 g/mol. The summed E-state index contributed by atoms with van der Waals surface area (Å²) in [5.41, 5.74) is 1.82. The summed E-state index contributed by atoms with van der Waals surface area (Å²) in [4.78, 5) is 15.1. The Morgan fingerprint density at radius 2 is 1.65 bits per heavy atom. The number of hydrogen-bond donors (Lipinski definition) is 0. The van der Waals surface area contributed by atoms with Crippen molar-refractivity contribution in [3.05, 3.63) is 59.8 Å². The molecule has 0 atom stereocenters. The molecule has 2 aromatic rings. The Kier molecular flexibility index (Phi) is 6.67. The maximum absolute atomic E-state index is 13.3. The van der Waals surface area contributed by atoms with Crippen molar-refractivity contribution in [3.63, 3.8) is 0 Å². The van der Waals surface area contributed by atoms with E-state index < -0.39 is 0 Å². The van der Waals surface area contributed by atoms with E-state index in [0.717, 1.165) is 11.3 Å². The van der Waals surface area contributed by atoms with E-state index in [0.29, 0.717) is 29.2 Å². The Bertz CT molecular complexity index is 779. The summed E-state index contributed by atoms with van der Waals surface area (Å²) in [7, 11) is 6.87. The van der Waals surface area contributed by atoms with Crippen LogP contribution >= 0.6 is 0 Å². The Hall–Kier alpha value is -2.95. The fourth-order valence-electron chi connectivity index (χ4n) is 2.56. The highest BCUT2D eigenvalue weighted by Gasteiger charge is 2.20. The number of Topliss-reactive ketones (excluding diaryl/α,β-unsaturated/α-hetero) is 1. The first-order chi connectivity index (χ1) is 12.5. The molecule has 0 spiro atoms. The first kappa shape index (κ1) is 19.4. The molecular formula is C21H25NO4. The van der Waals surface area contributed by atoms with Gasteiger partial charge >= 0.3 is 0 Å². The van der Waals surface area contributed by atoms with E-state index in [9.17, 15) is 4.79 Å². The van der Waals surface area contributed by atoms with Crippen LogP contribution in [-0.4, -0.2) is 45.6 Å². The quantitative estimate of drug-likeness (QED) is 0.531. The second-order valence-corrected chi connectivity index (χ2v) is 5.86. The molecule has 0 bridgehead atoms. The van der Waals surface area contributed by atoms with Crippen LogP contribution in [0.3, 0.4) is 0 Å². The Balaban J connectivity index is 2.49. The number of rotatable bonds is 8. The van der Waals surface area contributed by atoms with Gasteiger partial charge in [-0.2, -0.15) is 0 Å². The summed E-state index contributed by atoms with van der Waals surface area (Å²) in [6.45, 7) is 2.53. The van der Waals surface area contributed by atoms with E-state index in [1.165, 1.54) is 0 Å². The summed E-state index contributed by atoms with van der Waals surface area (Å²) in [6.07, 6.45) is 1.80. The number of benzene rings is 2. The van der Waals surface area contributed by atoms with Gasteiger partial charge in [0.05, 0.1) is 26.4 Å². The van der Waals surface area contributed by atoms with Crippen molar-refractivity contribution in [1.82, 2.24) is 4.90 Å². The second kappa shape index (κ2) is 8.94. The van der Waals surface area contributed by atoms with Crippen LogP contribution in [0.4, 0.5) is 0 Å². The van der Waals surface area contributed by atoms with Crippen LogP contribution in [0.25, 0.3) is 5.57 Å². The average Bonchev–Trinajstić information content (AvgIpc) is 2.66. The van der Waals surface area contributed by atoms with Crippen LogP contribution in [-0.2, 0) is 0 Å². The minimum Gasteiger partial charge on any atom is -0.497 e. The van der Waals surface area contributed by atoms with Gasteiger partial charge < -0.3 is 19.1 Å². The largest absolute Gasteiger partial charge is 0.497 e. The van der Waals surface area contributed by atoms with Gasteiger partial charge in [-0.3, -0.25) is 4.79 Å². The Labute approximate surface area is 154 Å². The zero-order valence-electron chi connectivity index (χ0n) is 15.9. The van der Waals surface area contributed by atoms with E-state index in [-0.39, 0.29) is 5.78 Å². The minimum atomic E-state index is -0.140. The number of methoxy groups -OCH3 is 2. The van der Waals surface area contributed by atoms with Gasteiger partial charge in [0.25, 0.3) is 0 Å². The van der Waals surface area contributed by atoms with Crippen LogP contribution in [0.2, 0.25) is 0 Å². The monoisotopic (exact) mass is 355 g/mol.